The molecule has 0 aromatic carbocycles. The zero-order valence-electron chi connectivity index (χ0n) is 11.7. The van der Waals surface area contributed by atoms with E-state index < -0.39 is 0 Å². The molecule has 0 aliphatic carbocycles. The van der Waals surface area contributed by atoms with Crippen LogP contribution in [0, 0.1) is 5.92 Å². The fourth-order valence-electron chi connectivity index (χ4n) is 1.85. The molecule has 106 valence electrons. The van der Waals surface area contributed by atoms with Crippen molar-refractivity contribution in [3.05, 3.63) is 24.0 Å². The molecule has 1 aliphatic heterocycles. The molecule has 0 spiro atoms. The Balaban J connectivity index is 2.49. The Morgan fingerprint density at radius 2 is 2.21 bits per heavy atom. The van der Waals surface area contributed by atoms with Gasteiger partial charge in [-0.1, -0.05) is 13.0 Å². The van der Waals surface area contributed by atoms with Crippen molar-refractivity contribution in [3.63, 3.8) is 0 Å². The molecule has 0 saturated carbocycles. The minimum atomic E-state index is -0.243. The number of hydrogen-bond acceptors (Lipinski definition) is 4. The fourth-order valence-corrected chi connectivity index (χ4v) is 2.80. The van der Waals surface area contributed by atoms with Gasteiger partial charge in [0.25, 0.3) is 5.91 Å². The monoisotopic (exact) mass is 283 g/mol. The van der Waals surface area contributed by atoms with Crippen LogP contribution in [0.4, 0.5) is 0 Å². The highest BCUT2D eigenvalue weighted by Crippen LogP contribution is 2.30. The topological polar surface area (TPSA) is 46.6 Å². The summed E-state index contributed by atoms with van der Waals surface area (Å²) in [6, 6.07) is 0. The average Bonchev–Trinajstić information content (AvgIpc) is 2.82. The quantitative estimate of drug-likeness (QED) is 0.311. The second-order valence-corrected chi connectivity index (χ2v) is 5.88. The Hall–Kier alpha value is -1.23. The summed E-state index contributed by atoms with van der Waals surface area (Å²) in [5.74, 6) is 1.12. The lowest BCUT2D eigenvalue weighted by Crippen LogP contribution is -2.24. The van der Waals surface area contributed by atoms with Gasteiger partial charge in [-0.2, -0.15) is 0 Å². The van der Waals surface area contributed by atoms with Crippen LogP contribution in [0.3, 0.4) is 0 Å². The van der Waals surface area contributed by atoms with Crippen molar-refractivity contribution < 1.29 is 14.3 Å². The Labute approximate surface area is 118 Å². The minimum Gasteiger partial charge on any atom is -0.487 e. The highest BCUT2D eigenvalue weighted by molar-refractivity contribution is 7.99. The summed E-state index contributed by atoms with van der Waals surface area (Å²) in [4.78, 5) is 23.9. The lowest BCUT2D eigenvalue weighted by Gasteiger charge is -2.16. The van der Waals surface area contributed by atoms with Gasteiger partial charge in [-0.3, -0.25) is 9.59 Å². The second kappa shape index (κ2) is 8.04. The van der Waals surface area contributed by atoms with E-state index in [0.717, 1.165) is 12.2 Å². The number of carbonyl (C=O) groups is 2. The molecule has 0 N–H and O–H groups in total. The van der Waals surface area contributed by atoms with Crippen molar-refractivity contribution in [3.8, 4) is 0 Å². The summed E-state index contributed by atoms with van der Waals surface area (Å²) >= 11 is 1.77. The molecular weight excluding hydrogens is 262 g/mol. The predicted molar refractivity (Wildman–Crippen MR) is 77.7 cm³/mol. The van der Waals surface area contributed by atoms with E-state index in [1.54, 1.807) is 38.2 Å². The largest absolute Gasteiger partial charge is 0.487 e. The van der Waals surface area contributed by atoms with E-state index in [4.69, 9.17) is 4.74 Å². The van der Waals surface area contributed by atoms with Crippen molar-refractivity contribution in [1.82, 2.24) is 4.90 Å². The summed E-state index contributed by atoms with van der Waals surface area (Å²) < 4.78 is 5.49. The number of allylic oxidation sites excluding steroid dienone is 1. The van der Waals surface area contributed by atoms with Gasteiger partial charge in [0.15, 0.2) is 6.29 Å². The first kappa shape index (κ1) is 15.8. The third kappa shape index (κ3) is 4.74. The van der Waals surface area contributed by atoms with Gasteiger partial charge in [0.1, 0.15) is 5.44 Å². The molecule has 0 radical (unpaired) electrons. The van der Waals surface area contributed by atoms with Crippen LogP contribution in [-0.2, 0) is 14.3 Å². The Bertz CT molecular complexity index is 377. The van der Waals surface area contributed by atoms with Crippen LogP contribution in [-0.4, -0.2) is 42.4 Å². The van der Waals surface area contributed by atoms with Gasteiger partial charge in [0, 0.05) is 20.0 Å². The van der Waals surface area contributed by atoms with Gasteiger partial charge in [-0.25, -0.2) is 0 Å². The summed E-state index contributed by atoms with van der Waals surface area (Å²) in [7, 11) is 3.28. The molecule has 0 aromatic heterocycles. The van der Waals surface area contributed by atoms with E-state index in [9.17, 15) is 9.59 Å². The number of amides is 1. The lowest BCUT2D eigenvalue weighted by molar-refractivity contribution is -0.125. The first-order valence-corrected chi connectivity index (χ1v) is 7.45. The molecule has 4 nitrogen and oxygen atoms in total. The van der Waals surface area contributed by atoms with E-state index >= 15 is 0 Å². The van der Waals surface area contributed by atoms with E-state index in [1.165, 1.54) is 4.90 Å². The molecule has 1 aliphatic rings. The van der Waals surface area contributed by atoms with Crippen LogP contribution in [0.15, 0.2) is 24.0 Å². The maximum absolute atomic E-state index is 11.7. The number of likely N-dealkylation sites (N-methyl/N-ethyl adjacent to an activating group) is 1. The van der Waals surface area contributed by atoms with E-state index in [-0.39, 0.29) is 16.9 Å². The van der Waals surface area contributed by atoms with Crippen LogP contribution >= 0.6 is 11.8 Å². The summed E-state index contributed by atoms with van der Waals surface area (Å²) in [5, 5.41) is 0. The van der Waals surface area contributed by atoms with E-state index in [0.29, 0.717) is 18.6 Å². The number of aldehydes is 1. The van der Waals surface area contributed by atoms with Crippen molar-refractivity contribution in [2.75, 3.05) is 19.8 Å². The molecule has 0 aromatic rings. The number of nitrogens with zero attached hydrogens (tertiary/aromatic N) is 1. The molecule has 0 unspecified atom stereocenters. The van der Waals surface area contributed by atoms with Crippen LogP contribution in [0.25, 0.3) is 0 Å². The third-order valence-corrected chi connectivity index (χ3v) is 3.99. The molecule has 0 bridgehead atoms. The number of thioether (sulfide) groups is 1. The third-order valence-electron chi connectivity index (χ3n) is 2.86. The molecule has 0 saturated heterocycles. The number of rotatable bonds is 7. The smallest absolute Gasteiger partial charge is 0.256 e. The van der Waals surface area contributed by atoms with Gasteiger partial charge in [0.05, 0.1) is 11.8 Å². The molecule has 0 fully saturated rings. The summed E-state index contributed by atoms with van der Waals surface area (Å²) in [6.07, 6.45) is 7.72. The minimum absolute atomic E-state index is 0.169. The van der Waals surface area contributed by atoms with Crippen LogP contribution in [0.1, 0.15) is 19.8 Å². The normalized spacial score (nSPS) is 22.2. The first-order valence-electron chi connectivity index (χ1n) is 6.40. The number of hydrogen-bond donors (Lipinski definition) is 0. The Morgan fingerprint density at radius 1 is 1.47 bits per heavy atom. The van der Waals surface area contributed by atoms with Crippen LogP contribution < -0.4 is 0 Å². The summed E-state index contributed by atoms with van der Waals surface area (Å²) in [6.45, 7) is 2.10. The molecular formula is C14H21NO3S. The second-order valence-electron chi connectivity index (χ2n) is 4.51. The van der Waals surface area contributed by atoms with E-state index in [2.05, 4.69) is 13.0 Å². The number of ether oxygens (including phenoxy) is 1. The highest BCUT2D eigenvalue weighted by atomic mass is 32.2. The molecule has 1 amide bonds. The Morgan fingerprint density at radius 3 is 2.79 bits per heavy atom. The SMILES string of the molecule is CCS[C@@H]1OC=C[C@H]1CC/C=C(/C=O)C(=O)N(C)C. The lowest BCUT2D eigenvalue weighted by atomic mass is 10.0. The first-order chi connectivity index (χ1) is 9.10. The van der Waals surface area contributed by atoms with Crippen LogP contribution in [0.5, 0.6) is 0 Å². The van der Waals surface area contributed by atoms with Crippen molar-refractivity contribution in [1.29, 1.82) is 0 Å². The molecule has 2 atom stereocenters. The van der Waals surface area contributed by atoms with Gasteiger partial charge in [-0.15, -0.1) is 11.8 Å². The maximum Gasteiger partial charge on any atom is 0.256 e. The van der Waals surface area contributed by atoms with Gasteiger partial charge in [0.2, 0.25) is 0 Å². The van der Waals surface area contributed by atoms with Gasteiger partial charge in [-0.05, 0) is 24.7 Å². The highest BCUT2D eigenvalue weighted by Gasteiger charge is 2.23. The standard InChI is InChI=1S/C14H21NO3S/c1-4-19-14-11(8-9-18-14)6-5-7-12(10-16)13(17)15(2)3/h7-11,14H,4-6H2,1-3H3/b12-7-/t11-,14+/m1/s1. The average molecular weight is 283 g/mol. The molecule has 1 rings (SSSR count). The molecule has 5 heteroatoms. The zero-order chi connectivity index (χ0) is 14.3. The van der Waals surface area contributed by atoms with Crippen molar-refractivity contribution in [2.45, 2.75) is 25.2 Å². The van der Waals surface area contributed by atoms with Gasteiger partial charge >= 0.3 is 0 Å². The van der Waals surface area contributed by atoms with Gasteiger partial charge < -0.3 is 9.64 Å². The predicted octanol–water partition coefficient (Wildman–Crippen LogP) is 2.22. The van der Waals surface area contributed by atoms with E-state index in [1.807, 2.05) is 0 Å². The molecule has 1 heterocycles. The van der Waals surface area contributed by atoms with Crippen LogP contribution in [0.2, 0.25) is 0 Å². The van der Waals surface area contributed by atoms with Crippen molar-refractivity contribution >= 4 is 24.0 Å². The summed E-state index contributed by atoms with van der Waals surface area (Å²) in [5.41, 5.74) is 0.398. The molecule has 19 heavy (non-hydrogen) atoms. The Kier molecular flexibility index (Phi) is 6.70. The zero-order valence-corrected chi connectivity index (χ0v) is 12.5. The van der Waals surface area contributed by atoms with Crippen molar-refractivity contribution in [2.24, 2.45) is 5.92 Å². The maximum atomic E-state index is 11.7. The number of carbonyl (C=O) groups excluding carboxylic acids is 2. The fraction of sp³-hybridized carbons (Fsp3) is 0.571.